The summed E-state index contributed by atoms with van der Waals surface area (Å²) < 4.78 is 0. The van der Waals surface area contributed by atoms with Gasteiger partial charge in [0.15, 0.2) is 0 Å². The molecule has 0 radical (unpaired) electrons. The summed E-state index contributed by atoms with van der Waals surface area (Å²) >= 11 is 0. The first-order chi connectivity index (χ1) is 9.20. The molecule has 0 aromatic carbocycles. The fraction of sp³-hybridized carbons (Fsp3) is 0.895. The van der Waals surface area contributed by atoms with Crippen LogP contribution in [0.4, 0.5) is 0 Å². The summed E-state index contributed by atoms with van der Waals surface area (Å²) in [6, 6.07) is 0. The van der Waals surface area contributed by atoms with Crippen molar-refractivity contribution in [2.75, 3.05) is 13.1 Å². The summed E-state index contributed by atoms with van der Waals surface area (Å²) in [6.45, 7) is 20.5. The number of rotatable bonds is 6. The molecular formula is C19H37N. The molecule has 118 valence electrons. The van der Waals surface area contributed by atoms with Gasteiger partial charge in [0.1, 0.15) is 0 Å². The largest absolute Gasteiger partial charge is 0.316 e. The molecule has 0 aromatic heterocycles. The molecule has 0 spiro atoms. The summed E-state index contributed by atoms with van der Waals surface area (Å²) in [7, 11) is 0. The van der Waals surface area contributed by atoms with Crippen LogP contribution in [0.1, 0.15) is 67.2 Å². The molecule has 1 nitrogen and oxygen atoms in total. The van der Waals surface area contributed by atoms with Crippen LogP contribution in [-0.4, -0.2) is 13.1 Å². The van der Waals surface area contributed by atoms with E-state index >= 15 is 0 Å². The van der Waals surface area contributed by atoms with E-state index in [-0.39, 0.29) is 0 Å². The zero-order chi connectivity index (χ0) is 15.3. The number of hydrogen-bond acceptors (Lipinski definition) is 1. The highest BCUT2D eigenvalue weighted by atomic mass is 14.9. The summed E-state index contributed by atoms with van der Waals surface area (Å²) in [6.07, 6.45) is 5.42. The highest BCUT2D eigenvalue weighted by Gasteiger charge is 2.35. The molecule has 20 heavy (non-hydrogen) atoms. The van der Waals surface area contributed by atoms with E-state index in [9.17, 15) is 0 Å². The van der Waals surface area contributed by atoms with Crippen LogP contribution in [0.3, 0.4) is 0 Å². The highest BCUT2D eigenvalue weighted by Crippen LogP contribution is 2.44. The van der Waals surface area contributed by atoms with Gasteiger partial charge in [0, 0.05) is 0 Å². The summed E-state index contributed by atoms with van der Waals surface area (Å²) in [5.74, 6) is 3.32. The second-order valence-corrected chi connectivity index (χ2v) is 8.61. The average molecular weight is 280 g/mol. The molecule has 3 unspecified atom stereocenters. The third-order valence-corrected chi connectivity index (χ3v) is 4.93. The summed E-state index contributed by atoms with van der Waals surface area (Å²) in [5, 5.41) is 3.68. The Labute approximate surface area is 127 Å². The minimum atomic E-state index is 0.462. The predicted octanol–water partition coefficient (Wildman–Crippen LogP) is 5.28. The maximum Gasteiger partial charge on any atom is -0.00176 e. The normalized spacial score (nSPS) is 27.9. The van der Waals surface area contributed by atoms with Crippen LogP contribution in [0.2, 0.25) is 0 Å². The van der Waals surface area contributed by atoms with E-state index in [0.29, 0.717) is 5.41 Å². The Morgan fingerprint density at radius 2 is 1.85 bits per heavy atom. The molecule has 0 saturated heterocycles. The molecule has 1 heteroatoms. The highest BCUT2D eigenvalue weighted by molar-refractivity contribution is 4.96. The third-order valence-electron chi connectivity index (χ3n) is 4.93. The molecule has 1 N–H and O–H groups in total. The van der Waals surface area contributed by atoms with Gasteiger partial charge < -0.3 is 5.32 Å². The molecule has 0 bridgehead atoms. The lowest BCUT2D eigenvalue weighted by molar-refractivity contribution is 0.0968. The van der Waals surface area contributed by atoms with Crippen molar-refractivity contribution in [1.82, 2.24) is 5.32 Å². The maximum absolute atomic E-state index is 4.16. The van der Waals surface area contributed by atoms with Crippen molar-refractivity contribution in [2.45, 2.75) is 67.2 Å². The van der Waals surface area contributed by atoms with Crippen molar-refractivity contribution in [2.24, 2.45) is 29.1 Å². The van der Waals surface area contributed by atoms with Crippen LogP contribution < -0.4 is 5.32 Å². The van der Waals surface area contributed by atoms with E-state index in [1.165, 1.54) is 37.8 Å². The third kappa shape index (κ3) is 5.99. The first-order valence-electron chi connectivity index (χ1n) is 8.55. The molecule has 1 saturated carbocycles. The van der Waals surface area contributed by atoms with Crippen molar-refractivity contribution in [3.8, 4) is 0 Å². The second-order valence-electron chi connectivity index (χ2n) is 8.61. The lowest BCUT2D eigenvalue weighted by Gasteiger charge is -2.42. The Morgan fingerprint density at radius 3 is 2.35 bits per heavy atom. The zero-order valence-corrected chi connectivity index (χ0v) is 14.8. The van der Waals surface area contributed by atoms with E-state index in [0.717, 1.165) is 30.2 Å². The lowest BCUT2D eigenvalue weighted by atomic mass is 9.64. The van der Waals surface area contributed by atoms with Gasteiger partial charge in [-0.1, -0.05) is 40.2 Å². The van der Waals surface area contributed by atoms with Crippen LogP contribution in [0.15, 0.2) is 12.2 Å². The Bertz CT molecular complexity index is 297. The quantitative estimate of drug-likeness (QED) is 0.652. The molecule has 0 amide bonds. The summed E-state index contributed by atoms with van der Waals surface area (Å²) in [5.41, 5.74) is 1.82. The van der Waals surface area contributed by atoms with Crippen molar-refractivity contribution in [1.29, 1.82) is 0 Å². The Kier molecular flexibility index (Phi) is 6.78. The molecule has 1 aliphatic rings. The Hall–Kier alpha value is -0.300. The van der Waals surface area contributed by atoms with Gasteiger partial charge in [0.2, 0.25) is 0 Å². The van der Waals surface area contributed by atoms with E-state index < -0.39 is 0 Å². The molecule has 1 aliphatic carbocycles. The molecule has 0 heterocycles. The van der Waals surface area contributed by atoms with E-state index in [1.54, 1.807) is 0 Å². The average Bonchev–Trinajstić information content (AvgIpc) is 2.28. The second kappa shape index (κ2) is 7.64. The van der Waals surface area contributed by atoms with Gasteiger partial charge in [-0.15, -0.1) is 6.58 Å². The number of hydrogen-bond donors (Lipinski definition) is 1. The summed E-state index contributed by atoms with van der Waals surface area (Å²) in [4.78, 5) is 0. The van der Waals surface area contributed by atoms with Gasteiger partial charge >= 0.3 is 0 Å². The number of nitrogens with one attached hydrogen (secondary N) is 1. The van der Waals surface area contributed by atoms with Crippen molar-refractivity contribution >= 4 is 0 Å². The predicted molar refractivity (Wildman–Crippen MR) is 90.9 cm³/mol. The van der Waals surface area contributed by atoms with E-state index in [1.807, 2.05) is 0 Å². The fourth-order valence-corrected chi connectivity index (χ4v) is 3.64. The van der Waals surface area contributed by atoms with Gasteiger partial charge in [0.25, 0.3) is 0 Å². The monoisotopic (exact) mass is 279 g/mol. The van der Waals surface area contributed by atoms with Crippen LogP contribution in [-0.2, 0) is 0 Å². The minimum absolute atomic E-state index is 0.462. The van der Waals surface area contributed by atoms with Crippen LogP contribution in [0, 0.1) is 29.1 Å². The first kappa shape index (κ1) is 17.8. The fourth-order valence-electron chi connectivity index (χ4n) is 3.64. The van der Waals surface area contributed by atoms with Crippen molar-refractivity contribution in [3.63, 3.8) is 0 Å². The molecular weight excluding hydrogens is 242 g/mol. The van der Waals surface area contributed by atoms with Crippen LogP contribution in [0.5, 0.6) is 0 Å². The van der Waals surface area contributed by atoms with Gasteiger partial charge in [-0.3, -0.25) is 0 Å². The molecule has 1 rings (SSSR count). The van der Waals surface area contributed by atoms with E-state index in [4.69, 9.17) is 0 Å². The lowest BCUT2D eigenvalue weighted by Crippen LogP contribution is -2.37. The van der Waals surface area contributed by atoms with Crippen LogP contribution in [0.25, 0.3) is 0 Å². The molecule has 0 aromatic rings. The van der Waals surface area contributed by atoms with Crippen molar-refractivity contribution in [3.05, 3.63) is 12.2 Å². The minimum Gasteiger partial charge on any atom is -0.316 e. The number of allylic oxidation sites excluding steroid dienone is 1. The first-order valence-corrected chi connectivity index (χ1v) is 8.55. The maximum atomic E-state index is 4.16. The molecule has 0 aliphatic heterocycles. The molecule has 1 fully saturated rings. The Balaban J connectivity index is 2.58. The zero-order valence-electron chi connectivity index (χ0n) is 14.8. The van der Waals surface area contributed by atoms with Gasteiger partial charge in [-0.2, -0.15) is 0 Å². The van der Waals surface area contributed by atoms with Gasteiger partial charge in [0.05, 0.1) is 0 Å². The van der Waals surface area contributed by atoms with Gasteiger partial charge in [-0.05, 0) is 74.8 Å². The van der Waals surface area contributed by atoms with Crippen LogP contribution >= 0.6 is 0 Å². The smallest absolute Gasteiger partial charge is 0.00176 e. The van der Waals surface area contributed by atoms with E-state index in [2.05, 4.69) is 53.4 Å². The SMILES string of the molecule is C=C(C)CC1CC(C(C)(C)C)CCC1CNCC(C)C. The topological polar surface area (TPSA) is 12.0 Å². The standard InChI is InChI=1S/C19H37N/c1-14(2)10-17-11-18(19(5,6)7)9-8-16(17)13-20-12-15(3)4/h15-18,20H,1,8-13H2,2-7H3. The molecule has 3 atom stereocenters. The van der Waals surface area contributed by atoms with Crippen molar-refractivity contribution < 1.29 is 0 Å². The Morgan fingerprint density at radius 1 is 1.20 bits per heavy atom. The van der Waals surface area contributed by atoms with Gasteiger partial charge in [-0.25, -0.2) is 0 Å².